The minimum absolute atomic E-state index is 0.0512. The standard InChI is InChI=1S/C15H23NO3/c1-3-4-9-18-15(17)11-19-14-6-5-12(2)10-13(14)7-8-16/h5-6,10H,3-4,7-9,11,16H2,1-2H3. The summed E-state index contributed by atoms with van der Waals surface area (Å²) in [5.74, 6) is 0.385. The highest BCUT2D eigenvalue weighted by Gasteiger charge is 2.07. The third kappa shape index (κ3) is 5.75. The molecule has 2 N–H and O–H groups in total. The van der Waals surface area contributed by atoms with E-state index in [-0.39, 0.29) is 12.6 Å². The molecule has 0 radical (unpaired) electrons. The average Bonchev–Trinajstić information content (AvgIpc) is 2.38. The first-order valence-corrected chi connectivity index (χ1v) is 6.75. The molecule has 1 aromatic carbocycles. The van der Waals surface area contributed by atoms with Crippen molar-refractivity contribution in [2.45, 2.75) is 33.1 Å². The lowest BCUT2D eigenvalue weighted by Crippen LogP contribution is -2.16. The Hall–Kier alpha value is -1.55. The van der Waals surface area contributed by atoms with Crippen LogP contribution in [0.5, 0.6) is 5.75 Å². The molecule has 0 fully saturated rings. The van der Waals surface area contributed by atoms with E-state index in [1.54, 1.807) is 0 Å². The molecule has 0 saturated carbocycles. The molecule has 0 amide bonds. The Morgan fingerprint density at radius 2 is 2.16 bits per heavy atom. The van der Waals surface area contributed by atoms with Crippen LogP contribution in [0.2, 0.25) is 0 Å². The Morgan fingerprint density at radius 1 is 1.37 bits per heavy atom. The molecule has 0 aliphatic carbocycles. The number of carbonyl (C=O) groups is 1. The van der Waals surface area contributed by atoms with Crippen LogP contribution in [0, 0.1) is 6.92 Å². The van der Waals surface area contributed by atoms with Crippen LogP contribution in [0.15, 0.2) is 18.2 Å². The zero-order valence-electron chi connectivity index (χ0n) is 11.8. The monoisotopic (exact) mass is 265 g/mol. The Morgan fingerprint density at radius 3 is 2.84 bits per heavy atom. The summed E-state index contributed by atoms with van der Waals surface area (Å²) in [7, 11) is 0. The summed E-state index contributed by atoms with van der Waals surface area (Å²) < 4.78 is 10.5. The fraction of sp³-hybridized carbons (Fsp3) is 0.533. The SMILES string of the molecule is CCCCOC(=O)COc1ccc(C)cc1CCN. The Balaban J connectivity index is 2.50. The maximum atomic E-state index is 11.5. The first-order valence-electron chi connectivity index (χ1n) is 6.75. The lowest BCUT2D eigenvalue weighted by atomic mass is 10.1. The van der Waals surface area contributed by atoms with E-state index in [9.17, 15) is 4.79 Å². The molecule has 4 nitrogen and oxygen atoms in total. The van der Waals surface area contributed by atoms with Gasteiger partial charge in [-0.1, -0.05) is 31.0 Å². The molecule has 0 aliphatic rings. The average molecular weight is 265 g/mol. The smallest absolute Gasteiger partial charge is 0.344 e. The number of hydrogen-bond acceptors (Lipinski definition) is 4. The number of nitrogens with two attached hydrogens (primary N) is 1. The van der Waals surface area contributed by atoms with Crippen LogP contribution in [-0.4, -0.2) is 25.7 Å². The number of unbranched alkanes of at least 4 members (excludes halogenated alkanes) is 1. The van der Waals surface area contributed by atoms with Gasteiger partial charge in [0.15, 0.2) is 6.61 Å². The van der Waals surface area contributed by atoms with E-state index in [0.29, 0.717) is 18.9 Å². The fourth-order valence-electron chi connectivity index (χ4n) is 1.71. The molecular formula is C15H23NO3. The van der Waals surface area contributed by atoms with Crippen molar-refractivity contribution in [2.75, 3.05) is 19.8 Å². The summed E-state index contributed by atoms with van der Waals surface area (Å²) in [6.07, 6.45) is 2.63. The van der Waals surface area contributed by atoms with Gasteiger partial charge in [0.25, 0.3) is 0 Å². The third-order valence-corrected chi connectivity index (χ3v) is 2.74. The summed E-state index contributed by atoms with van der Waals surface area (Å²) in [6.45, 7) is 5.03. The number of esters is 1. The zero-order chi connectivity index (χ0) is 14.1. The van der Waals surface area contributed by atoms with Crippen molar-refractivity contribution in [2.24, 2.45) is 5.73 Å². The predicted molar refractivity (Wildman–Crippen MR) is 75.3 cm³/mol. The van der Waals surface area contributed by atoms with E-state index >= 15 is 0 Å². The van der Waals surface area contributed by atoms with Crippen molar-refractivity contribution in [3.63, 3.8) is 0 Å². The van der Waals surface area contributed by atoms with Gasteiger partial charge >= 0.3 is 5.97 Å². The van der Waals surface area contributed by atoms with Crippen LogP contribution in [0.1, 0.15) is 30.9 Å². The van der Waals surface area contributed by atoms with Gasteiger partial charge in [-0.05, 0) is 37.9 Å². The molecule has 0 atom stereocenters. The lowest BCUT2D eigenvalue weighted by molar-refractivity contribution is -0.146. The highest BCUT2D eigenvalue weighted by molar-refractivity contribution is 5.71. The van der Waals surface area contributed by atoms with E-state index in [2.05, 4.69) is 6.92 Å². The maximum absolute atomic E-state index is 11.5. The topological polar surface area (TPSA) is 61.5 Å². The fourth-order valence-corrected chi connectivity index (χ4v) is 1.71. The molecule has 1 aromatic rings. The summed E-state index contributed by atoms with van der Waals surface area (Å²) in [5, 5.41) is 0. The van der Waals surface area contributed by atoms with Crippen molar-refractivity contribution in [1.29, 1.82) is 0 Å². The molecule has 0 heterocycles. The van der Waals surface area contributed by atoms with Gasteiger partial charge in [0.1, 0.15) is 5.75 Å². The molecular weight excluding hydrogens is 242 g/mol. The molecule has 0 unspecified atom stereocenters. The number of benzene rings is 1. The van der Waals surface area contributed by atoms with E-state index < -0.39 is 0 Å². The van der Waals surface area contributed by atoms with Crippen molar-refractivity contribution in [3.05, 3.63) is 29.3 Å². The van der Waals surface area contributed by atoms with Crippen molar-refractivity contribution in [3.8, 4) is 5.75 Å². The maximum Gasteiger partial charge on any atom is 0.344 e. The Kier molecular flexibility index (Phi) is 6.97. The molecule has 106 valence electrons. The van der Waals surface area contributed by atoms with E-state index in [1.807, 2.05) is 25.1 Å². The molecule has 19 heavy (non-hydrogen) atoms. The van der Waals surface area contributed by atoms with Crippen LogP contribution in [0.25, 0.3) is 0 Å². The van der Waals surface area contributed by atoms with Crippen molar-refractivity contribution < 1.29 is 14.3 Å². The Bertz CT molecular complexity index is 404. The molecule has 0 spiro atoms. The molecule has 4 heteroatoms. The van der Waals surface area contributed by atoms with Crippen LogP contribution < -0.4 is 10.5 Å². The first kappa shape index (κ1) is 15.5. The van der Waals surface area contributed by atoms with E-state index in [1.165, 1.54) is 0 Å². The minimum Gasteiger partial charge on any atom is -0.482 e. The second-order valence-corrected chi connectivity index (χ2v) is 4.51. The van der Waals surface area contributed by atoms with Gasteiger partial charge < -0.3 is 15.2 Å². The zero-order valence-corrected chi connectivity index (χ0v) is 11.8. The molecule has 1 rings (SSSR count). The lowest BCUT2D eigenvalue weighted by Gasteiger charge is -2.11. The van der Waals surface area contributed by atoms with Gasteiger partial charge in [-0.3, -0.25) is 0 Å². The number of aryl methyl sites for hydroxylation is 1. The second kappa shape index (κ2) is 8.53. The minimum atomic E-state index is -0.326. The van der Waals surface area contributed by atoms with Crippen molar-refractivity contribution >= 4 is 5.97 Å². The number of ether oxygens (including phenoxy) is 2. The molecule has 0 aliphatic heterocycles. The second-order valence-electron chi connectivity index (χ2n) is 4.51. The van der Waals surface area contributed by atoms with Gasteiger partial charge in [-0.15, -0.1) is 0 Å². The molecule has 0 bridgehead atoms. The number of hydrogen-bond donors (Lipinski definition) is 1. The normalized spacial score (nSPS) is 10.3. The third-order valence-electron chi connectivity index (χ3n) is 2.74. The quantitative estimate of drug-likeness (QED) is 0.578. The predicted octanol–water partition coefficient (Wildman–Crippen LogP) is 2.22. The van der Waals surface area contributed by atoms with Gasteiger partial charge in [0.2, 0.25) is 0 Å². The highest BCUT2D eigenvalue weighted by Crippen LogP contribution is 2.20. The molecule has 0 aromatic heterocycles. The molecule has 0 saturated heterocycles. The van der Waals surface area contributed by atoms with Gasteiger partial charge in [0, 0.05) is 0 Å². The van der Waals surface area contributed by atoms with Gasteiger partial charge in [-0.2, -0.15) is 0 Å². The van der Waals surface area contributed by atoms with Crippen molar-refractivity contribution in [1.82, 2.24) is 0 Å². The first-order chi connectivity index (χ1) is 9.17. The van der Waals surface area contributed by atoms with Crippen LogP contribution in [0.3, 0.4) is 0 Å². The van der Waals surface area contributed by atoms with Gasteiger partial charge in [-0.25, -0.2) is 4.79 Å². The number of rotatable bonds is 8. The highest BCUT2D eigenvalue weighted by atomic mass is 16.6. The summed E-state index contributed by atoms with van der Waals surface area (Å²) in [4.78, 5) is 11.5. The number of carbonyl (C=O) groups excluding carboxylic acids is 1. The van der Waals surface area contributed by atoms with E-state index in [4.69, 9.17) is 15.2 Å². The van der Waals surface area contributed by atoms with E-state index in [0.717, 1.165) is 30.4 Å². The summed E-state index contributed by atoms with van der Waals surface area (Å²) in [5.41, 5.74) is 7.75. The van der Waals surface area contributed by atoms with Crippen LogP contribution in [-0.2, 0) is 16.0 Å². The largest absolute Gasteiger partial charge is 0.482 e. The summed E-state index contributed by atoms with van der Waals surface area (Å²) in [6, 6.07) is 5.86. The van der Waals surface area contributed by atoms with Crippen LogP contribution in [0.4, 0.5) is 0 Å². The van der Waals surface area contributed by atoms with Gasteiger partial charge in [0.05, 0.1) is 6.61 Å². The Labute approximate surface area is 114 Å². The summed E-state index contributed by atoms with van der Waals surface area (Å²) >= 11 is 0. The van der Waals surface area contributed by atoms with Crippen LogP contribution >= 0.6 is 0 Å².